The first-order valence-electron chi connectivity index (χ1n) is 9.02. The molecule has 0 radical (unpaired) electrons. The molecule has 3 aromatic rings. The summed E-state index contributed by atoms with van der Waals surface area (Å²) in [5.41, 5.74) is 10.8. The number of hydrogen-bond donors (Lipinski definition) is 2. The lowest BCUT2D eigenvalue weighted by Gasteiger charge is -2.15. The van der Waals surface area contributed by atoms with Gasteiger partial charge in [0.05, 0.1) is 12.9 Å². The summed E-state index contributed by atoms with van der Waals surface area (Å²) in [6.45, 7) is 2.43. The number of nitrogen functional groups attached to an aromatic ring is 1. The Morgan fingerprint density at radius 3 is 2.89 bits per heavy atom. The maximum absolute atomic E-state index is 12.6. The fraction of sp³-hybridized carbons (Fsp3) is 0.368. The number of hydrogen-bond acceptors (Lipinski definition) is 6. The largest absolute Gasteiger partial charge is 0.382 e. The molecule has 27 heavy (non-hydrogen) atoms. The number of nitrogens with zero attached hydrogens (tertiary/aromatic N) is 4. The van der Waals surface area contributed by atoms with Crippen molar-refractivity contribution >= 4 is 22.9 Å². The summed E-state index contributed by atoms with van der Waals surface area (Å²) in [7, 11) is 0. The van der Waals surface area contributed by atoms with E-state index in [4.69, 9.17) is 10.6 Å². The van der Waals surface area contributed by atoms with E-state index in [-0.39, 0.29) is 23.8 Å². The Balaban J connectivity index is 1.40. The Morgan fingerprint density at radius 1 is 1.26 bits per heavy atom. The zero-order valence-electron chi connectivity index (χ0n) is 15.1. The Bertz CT molecular complexity index is 942. The maximum atomic E-state index is 12.6. The van der Waals surface area contributed by atoms with Crippen LogP contribution in [0, 0.1) is 11.8 Å². The summed E-state index contributed by atoms with van der Waals surface area (Å²) >= 11 is 0. The van der Waals surface area contributed by atoms with Crippen LogP contribution in [0.4, 0.5) is 5.82 Å². The summed E-state index contributed by atoms with van der Waals surface area (Å²) in [5, 5.41) is 0. The molecule has 1 aliphatic rings. The molecule has 8 heteroatoms. The molecule has 4 rings (SSSR count). The third-order valence-electron chi connectivity index (χ3n) is 5.23. The summed E-state index contributed by atoms with van der Waals surface area (Å²) in [6.07, 6.45) is 4.75. The van der Waals surface area contributed by atoms with E-state index >= 15 is 0 Å². The highest BCUT2D eigenvalue weighted by Gasteiger charge is 2.37. The van der Waals surface area contributed by atoms with Gasteiger partial charge in [0.2, 0.25) is 5.91 Å². The second-order valence-electron chi connectivity index (χ2n) is 7.03. The lowest BCUT2D eigenvalue weighted by Crippen LogP contribution is -2.32. The van der Waals surface area contributed by atoms with E-state index in [0.29, 0.717) is 30.0 Å². The zero-order valence-corrected chi connectivity index (χ0v) is 15.1. The van der Waals surface area contributed by atoms with Gasteiger partial charge in [-0.25, -0.2) is 20.4 Å². The molecule has 1 aromatic carbocycles. The highest BCUT2D eigenvalue weighted by atomic mass is 16.6. The molecule has 1 aliphatic carbocycles. The first kappa shape index (κ1) is 17.4. The van der Waals surface area contributed by atoms with Crippen molar-refractivity contribution in [1.82, 2.24) is 25.0 Å². The molecule has 1 fully saturated rings. The van der Waals surface area contributed by atoms with Crippen LogP contribution in [-0.2, 0) is 16.2 Å². The quantitative estimate of drug-likeness (QED) is 0.671. The van der Waals surface area contributed by atoms with Crippen molar-refractivity contribution in [3.8, 4) is 0 Å². The van der Waals surface area contributed by atoms with E-state index < -0.39 is 0 Å². The van der Waals surface area contributed by atoms with Crippen molar-refractivity contribution in [3.05, 3.63) is 48.5 Å². The van der Waals surface area contributed by atoms with Gasteiger partial charge < -0.3 is 10.3 Å². The number of aromatic nitrogens is 4. The number of carbonyl (C=O) groups is 1. The van der Waals surface area contributed by atoms with Crippen molar-refractivity contribution in [2.75, 3.05) is 5.73 Å². The van der Waals surface area contributed by atoms with Gasteiger partial charge in [0.1, 0.15) is 11.8 Å². The summed E-state index contributed by atoms with van der Waals surface area (Å²) < 4.78 is 2.00. The Morgan fingerprint density at radius 2 is 2.07 bits per heavy atom. The number of amides is 1. The fourth-order valence-electron chi connectivity index (χ4n) is 3.79. The molecule has 0 saturated heterocycles. The Kier molecular flexibility index (Phi) is 4.72. The molecule has 0 unspecified atom stereocenters. The molecule has 140 valence electrons. The number of anilines is 1. The highest BCUT2D eigenvalue weighted by molar-refractivity contribution is 5.81. The number of benzene rings is 1. The second kappa shape index (κ2) is 7.32. The van der Waals surface area contributed by atoms with Crippen LogP contribution < -0.4 is 11.2 Å². The van der Waals surface area contributed by atoms with Gasteiger partial charge in [-0.15, -0.1) is 0 Å². The third-order valence-corrected chi connectivity index (χ3v) is 5.23. The van der Waals surface area contributed by atoms with Gasteiger partial charge in [-0.05, 0) is 24.3 Å². The second-order valence-corrected chi connectivity index (χ2v) is 7.03. The van der Waals surface area contributed by atoms with Crippen LogP contribution in [0.25, 0.3) is 11.2 Å². The van der Waals surface area contributed by atoms with Gasteiger partial charge in [-0.1, -0.05) is 37.3 Å². The van der Waals surface area contributed by atoms with Crippen LogP contribution in [0.3, 0.4) is 0 Å². The normalized spacial score (nSPS) is 22.2. The third kappa shape index (κ3) is 3.48. The molecule has 2 aromatic heterocycles. The lowest BCUT2D eigenvalue weighted by molar-refractivity contribution is -0.139. The SMILES string of the molecule is C[C@H]1C[C@@H](n2cnc3c(N)ncnc32)C[C@@H]1C(=O)NOCc1ccccc1. The predicted octanol–water partition coefficient (Wildman–Crippen LogP) is 2.24. The smallest absolute Gasteiger partial charge is 0.247 e. The number of hydroxylamine groups is 1. The molecule has 3 N–H and O–H groups in total. The van der Waals surface area contributed by atoms with Gasteiger partial charge in [-0.2, -0.15) is 0 Å². The van der Waals surface area contributed by atoms with Crippen molar-refractivity contribution in [3.63, 3.8) is 0 Å². The maximum Gasteiger partial charge on any atom is 0.247 e. The first-order chi connectivity index (χ1) is 13.1. The highest BCUT2D eigenvalue weighted by Crippen LogP contribution is 2.40. The van der Waals surface area contributed by atoms with Gasteiger partial charge in [0.15, 0.2) is 11.5 Å². The first-order valence-corrected chi connectivity index (χ1v) is 9.02. The van der Waals surface area contributed by atoms with E-state index in [1.807, 2.05) is 34.9 Å². The molecule has 3 atom stereocenters. The number of fused-ring (bicyclic) bond motifs is 1. The van der Waals surface area contributed by atoms with Crippen LogP contribution >= 0.6 is 0 Å². The van der Waals surface area contributed by atoms with Crippen molar-refractivity contribution in [2.24, 2.45) is 11.8 Å². The van der Waals surface area contributed by atoms with Crippen LogP contribution in [0.5, 0.6) is 0 Å². The lowest BCUT2D eigenvalue weighted by atomic mass is 9.98. The molecule has 1 amide bonds. The van der Waals surface area contributed by atoms with Gasteiger partial charge in [0.25, 0.3) is 0 Å². The van der Waals surface area contributed by atoms with E-state index in [2.05, 4.69) is 27.4 Å². The molecule has 1 saturated carbocycles. The van der Waals surface area contributed by atoms with Crippen molar-refractivity contribution < 1.29 is 9.63 Å². The van der Waals surface area contributed by atoms with E-state index in [0.717, 1.165) is 12.0 Å². The van der Waals surface area contributed by atoms with Gasteiger partial charge in [0, 0.05) is 12.0 Å². The number of rotatable bonds is 5. The van der Waals surface area contributed by atoms with Gasteiger partial charge in [-0.3, -0.25) is 9.63 Å². The molecule has 0 bridgehead atoms. The minimum absolute atomic E-state index is 0.0838. The average molecular weight is 366 g/mol. The minimum Gasteiger partial charge on any atom is -0.382 e. The van der Waals surface area contributed by atoms with Crippen LogP contribution in [0.2, 0.25) is 0 Å². The van der Waals surface area contributed by atoms with E-state index in [1.165, 1.54) is 6.33 Å². The van der Waals surface area contributed by atoms with Gasteiger partial charge >= 0.3 is 0 Å². The number of nitrogens with one attached hydrogen (secondary N) is 1. The number of nitrogens with two attached hydrogens (primary N) is 1. The summed E-state index contributed by atoms with van der Waals surface area (Å²) in [4.78, 5) is 30.6. The molecular formula is C19H22N6O2. The summed E-state index contributed by atoms with van der Waals surface area (Å²) in [5.74, 6) is 0.391. The van der Waals surface area contributed by atoms with Crippen LogP contribution in [-0.4, -0.2) is 25.4 Å². The molecular weight excluding hydrogens is 344 g/mol. The fourth-order valence-corrected chi connectivity index (χ4v) is 3.79. The molecule has 2 heterocycles. The number of carbonyl (C=O) groups excluding carboxylic acids is 1. The van der Waals surface area contributed by atoms with Crippen LogP contribution in [0.1, 0.15) is 31.4 Å². The zero-order chi connectivity index (χ0) is 18.8. The standard InChI is InChI=1S/C19H22N6O2/c1-12-7-14(25-11-23-16-17(20)21-10-22-18(16)25)8-15(12)19(26)24-27-9-13-5-3-2-4-6-13/h2-6,10-12,14-15H,7-9H2,1H3,(H,24,26)(H2,20,21,22)/t12-,14+,15-/m0/s1. The monoisotopic (exact) mass is 366 g/mol. The molecule has 8 nitrogen and oxygen atoms in total. The average Bonchev–Trinajstić information content (AvgIpc) is 3.27. The Hall–Kier alpha value is -3.00. The predicted molar refractivity (Wildman–Crippen MR) is 100 cm³/mol. The molecule has 0 spiro atoms. The topological polar surface area (TPSA) is 108 Å². The van der Waals surface area contributed by atoms with Crippen LogP contribution in [0.15, 0.2) is 43.0 Å². The summed E-state index contributed by atoms with van der Waals surface area (Å²) in [6, 6.07) is 9.88. The van der Waals surface area contributed by atoms with Crippen molar-refractivity contribution in [1.29, 1.82) is 0 Å². The molecule has 0 aliphatic heterocycles. The minimum atomic E-state index is -0.123. The number of imidazole rings is 1. The Labute approximate surface area is 156 Å². The van der Waals surface area contributed by atoms with E-state index in [9.17, 15) is 4.79 Å². The van der Waals surface area contributed by atoms with E-state index in [1.54, 1.807) is 6.33 Å². The van der Waals surface area contributed by atoms with Crippen molar-refractivity contribution in [2.45, 2.75) is 32.4 Å².